The number of alkyl carbamates (subject to hydrolysis) is 2. The lowest BCUT2D eigenvalue weighted by Crippen LogP contribution is -2.54. The molecule has 4 amide bonds. The van der Waals surface area contributed by atoms with Crippen LogP contribution in [0.2, 0.25) is 10.3 Å². The summed E-state index contributed by atoms with van der Waals surface area (Å²) >= 11 is 13.6. The highest BCUT2D eigenvalue weighted by Gasteiger charge is 2.45. The molecule has 64 heavy (non-hydrogen) atoms. The van der Waals surface area contributed by atoms with Crippen molar-refractivity contribution in [3.05, 3.63) is 70.5 Å². The Kier molecular flexibility index (Phi) is 14.1. The van der Waals surface area contributed by atoms with Crippen LogP contribution in [0.25, 0.3) is 33.6 Å². The number of aromatic amines is 2. The molecular weight excluding hydrogens is 863 g/mol. The van der Waals surface area contributed by atoms with Gasteiger partial charge in [0.25, 0.3) is 0 Å². The van der Waals surface area contributed by atoms with E-state index in [9.17, 15) is 19.2 Å². The molecule has 4 aliphatic heterocycles. The van der Waals surface area contributed by atoms with Crippen LogP contribution in [0.1, 0.15) is 88.9 Å². The number of carbonyl (C=O) groups is 4. The number of likely N-dealkylation sites (tertiary alicyclic amines) is 2. The van der Waals surface area contributed by atoms with Crippen molar-refractivity contribution in [1.29, 1.82) is 0 Å². The van der Waals surface area contributed by atoms with E-state index in [1.54, 1.807) is 0 Å². The van der Waals surface area contributed by atoms with E-state index in [-0.39, 0.29) is 47.8 Å². The third-order valence-electron chi connectivity index (χ3n) is 13.4. The van der Waals surface area contributed by atoms with Crippen molar-refractivity contribution in [2.24, 2.45) is 11.8 Å². The maximum absolute atomic E-state index is 14.2. The summed E-state index contributed by atoms with van der Waals surface area (Å²) in [7, 11) is 2.59. The quantitative estimate of drug-likeness (QED) is 0.115. The summed E-state index contributed by atoms with van der Waals surface area (Å²) in [6, 6.07) is 13.6. The summed E-state index contributed by atoms with van der Waals surface area (Å²) < 4.78 is 20.9. The molecule has 6 heterocycles. The van der Waals surface area contributed by atoms with E-state index in [1.807, 2.05) is 72.2 Å². The molecule has 6 atom stereocenters. The zero-order chi connectivity index (χ0) is 45.1. The highest BCUT2D eigenvalue weighted by molar-refractivity contribution is 6.32. The minimum Gasteiger partial charge on any atom is -0.453 e. The fourth-order valence-electron chi connectivity index (χ4n) is 9.88. The van der Waals surface area contributed by atoms with Gasteiger partial charge in [-0.15, -0.1) is 0 Å². The first-order valence-corrected chi connectivity index (χ1v) is 22.9. The number of aromatic nitrogens is 4. The van der Waals surface area contributed by atoms with Crippen LogP contribution < -0.4 is 10.6 Å². The van der Waals surface area contributed by atoms with Crippen LogP contribution in [0, 0.1) is 11.8 Å². The Morgan fingerprint density at radius 2 is 0.938 bits per heavy atom. The summed E-state index contributed by atoms with van der Waals surface area (Å²) in [5, 5.41) is 6.38. The number of hydrogen-bond donors (Lipinski definition) is 4. The maximum Gasteiger partial charge on any atom is 0.407 e. The smallest absolute Gasteiger partial charge is 0.407 e. The predicted molar refractivity (Wildman–Crippen MR) is 239 cm³/mol. The summed E-state index contributed by atoms with van der Waals surface area (Å²) in [5.41, 5.74) is 4.74. The molecule has 4 fully saturated rings. The SMILES string of the molecule is COC(=O)N[C@H](C(=O)N1[C@@H](C)CC[C@H]1c1nc(-c2ccc(-c3ccc(-c4nc([C@@H]5CC[C@H](C)N5C(=O)[C@@H](NC(=O)OC)C5CCOCC5)[nH]c4Cl)cc3)cc2)c(Cl)[nH]1)C1CCOCC1. The molecule has 342 valence electrons. The number of benzene rings is 2. The molecule has 16 nitrogen and oxygen atoms in total. The van der Waals surface area contributed by atoms with Crippen molar-refractivity contribution >= 4 is 47.2 Å². The Morgan fingerprint density at radius 1 is 0.594 bits per heavy atom. The third-order valence-corrected chi connectivity index (χ3v) is 14.0. The summed E-state index contributed by atoms with van der Waals surface area (Å²) in [6.45, 7) is 6.15. The fraction of sp³-hybridized carbons (Fsp3) is 0.522. The van der Waals surface area contributed by atoms with Gasteiger partial charge in [0.15, 0.2) is 0 Å². The number of imidazole rings is 2. The van der Waals surface area contributed by atoms with Gasteiger partial charge in [0.1, 0.15) is 45.4 Å². The molecule has 0 unspecified atom stereocenters. The van der Waals surface area contributed by atoms with Crippen molar-refractivity contribution in [3.8, 4) is 33.6 Å². The molecule has 2 aromatic heterocycles. The van der Waals surface area contributed by atoms with Crippen LogP contribution in [-0.2, 0) is 28.5 Å². The lowest BCUT2D eigenvalue weighted by Gasteiger charge is -2.36. The second-order valence-corrected chi connectivity index (χ2v) is 18.0. The van der Waals surface area contributed by atoms with E-state index in [4.69, 9.17) is 52.1 Å². The van der Waals surface area contributed by atoms with E-state index in [0.717, 1.165) is 35.1 Å². The van der Waals surface area contributed by atoms with Crippen LogP contribution >= 0.6 is 23.2 Å². The van der Waals surface area contributed by atoms with Gasteiger partial charge in [-0.2, -0.15) is 0 Å². The van der Waals surface area contributed by atoms with Gasteiger partial charge in [-0.05, 0) is 88.2 Å². The van der Waals surface area contributed by atoms with Crippen LogP contribution in [0.5, 0.6) is 0 Å². The van der Waals surface area contributed by atoms with Gasteiger partial charge in [-0.3, -0.25) is 9.59 Å². The van der Waals surface area contributed by atoms with Crippen molar-refractivity contribution in [2.75, 3.05) is 40.6 Å². The Labute approximate surface area is 382 Å². The van der Waals surface area contributed by atoms with Crippen molar-refractivity contribution in [3.63, 3.8) is 0 Å². The van der Waals surface area contributed by atoms with Gasteiger partial charge in [-0.25, -0.2) is 19.6 Å². The molecule has 0 radical (unpaired) electrons. The largest absolute Gasteiger partial charge is 0.453 e. The summed E-state index contributed by atoms with van der Waals surface area (Å²) in [5.74, 6) is 0.702. The van der Waals surface area contributed by atoms with Gasteiger partial charge >= 0.3 is 12.2 Å². The number of carbonyl (C=O) groups excluding carboxylic acids is 4. The van der Waals surface area contributed by atoms with E-state index in [1.165, 1.54) is 14.2 Å². The predicted octanol–water partition coefficient (Wildman–Crippen LogP) is 7.85. The van der Waals surface area contributed by atoms with Crippen LogP contribution in [0.3, 0.4) is 0 Å². The van der Waals surface area contributed by atoms with Gasteiger partial charge in [0.05, 0.1) is 26.3 Å². The zero-order valence-corrected chi connectivity index (χ0v) is 38.0. The second-order valence-electron chi connectivity index (χ2n) is 17.2. The lowest BCUT2D eigenvalue weighted by molar-refractivity contribution is -0.139. The molecule has 4 aromatic rings. The Morgan fingerprint density at radius 3 is 1.28 bits per heavy atom. The average Bonchev–Trinajstić information content (AvgIpc) is 4.12. The van der Waals surface area contributed by atoms with E-state index in [2.05, 4.69) is 20.6 Å². The second kappa shape index (κ2) is 19.9. The Bertz CT molecular complexity index is 2130. The molecule has 8 rings (SSSR count). The molecule has 2 aromatic carbocycles. The number of amides is 4. The van der Waals surface area contributed by atoms with Crippen molar-refractivity contribution in [2.45, 2.75) is 101 Å². The number of nitrogens with one attached hydrogen (secondary N) is 4. The van der Waals surface area contributed by atoms with Crippen molar-refractivity contribution < 1.29 is 38.1 Å². The zero-order valence-electron chi connectivity index (χ0n) is 36.5. The maximum atomic E-state index is 14.2. The van der Waals surface area contributed by atoms with Gasteiger partial charge in [0.2, 0.25) is 11.8 Å². The molecule has 0 aliphatic carbocycles. The first-order valence-electron chi connectivity index (χ1n) is 22.2. The Balaban J connectivity index is 0.961. The van der Waals surface area contributed by atoms with Gasteiger partial charge in [0, 0.05) is 49.6 Å². The molecule has 18 heteroatoms. The number of ether oxygens (including phenoxy) is 4. The average molecular weight is 920 g/mol. The lowest BCUT2D eigenvalue weighted by atomic mass is 9.90. The number of H-pyrrole nitrogens is 2. The molecule has 4 saturated heterocycles. The highest BCUT2D eigenvalue weighted by Crippen LogP contribution is 2.41. The van der Waals surface area contributed by atoms with E-state index in [0.29, 0.717) is 98.3 Å². The molecular formula is C46H56Cl2N8O8. The van der Waals surface area contributed by atoms with Crippen LogP contribution in [-0.4, -0.2) is 119 Å². The number of nitrogens with zero attached hydrogens (tertiary/aromatic N) is 4. The van der Waals surface area contributed by atoms with Gasteiger partial charge in [-0.1, -0.05) is 71.7 Å². The van der Waals surface area contributed by atoms with Gasteiger partial charge < -0.3 is 49.3 Å². The fourth-order valence-corrected chi connectivity index (χ4v) is 10.4. The number of halogens is 2. The molecule has 0 spiro atoms. The Hall–Kier alpha value is -5.16. The van der Waals surface area contributed by atoms with E-state index < -0.39 is 24.3 Å². The van der Waals surface area contributed by atoms with Crippen molar-refractivity contribution in [1.82, 2.24) is 40.4 Å². The third kappa shape index (κ3) is 9.46. The first-order chi connectivity index (χ1) is 30.9. The number of rotatable bonds is 11. The minimum atomic E-state index is -0.747. The molecule has 4 aliphatic rings. The molecule has 4 N–H and O–H groups in total. The monoisotopic (exact) mass is 918 g/mol. The highest BCUT2D eigenvalue weighted by atomic mass is 35.5. The number of methoxy groups -OCH3 is 2. The summed E-state index contributed by atoms with van der Waals surface area (Å²) in [6.07, 6.45) is 4.29. The van der Waals surface area contributed by atoms with Crippen LogP contribution in [0.4, 0.5) is 9.59 Å². The standard InChI is InChI=1S/C46H56Cl2N8O8/c1-25-5-15-33(55(25)43(57)37(51-45(59)61-3)31-17-21-63-22-18-31)41-49-35(39(47)53-41)29-11-7-27(8-12-29)28-9-13-30(14-10-28)36-40(48)54-42(50-36)34-16-6-26(2)56(34)44(58)38(52-46(60)62-4)32-19-23-64-24-20-32/h7-14,25-26,31-34,37-38H,5-6,15-24H2,1-4H3,(H,49,53)(H,50,54)(H,51,59)(H,52,60)/t25-,26-,33-,34-,37-,38-/m0/s1. The van der Waals surface area contributed by atoms with E-state index >= 15 is 0 Å². The van der Waals surface area contributed by atoms with Crippen LogP contribution in [0.15, 0.2) is 48.5 Å². The summed E-state index contributed by atoms with van der Waals surface area (Å²) in [4.78, 5) is 73.3. The number of hydrogen-bond acceptors (Lipinski definition) is 10. The topological polar surface area (TPSA) is 193 Å². The minimum absolute atomic E-state index is 0.0703. The normalized spacial score (nSPS) is 22.8. The molecule has 0 bridgehead atoms. The molecule has 0 saturated carbocycles. The first kappa shape index (κ1) is 45.4.